The number of nitrogens with zero attached hydrogens (tertiary/aromatic N) is 1. The Hall–Kier alpha value is -2.30. The van der Waals surface area contributed by atoms with Gasteiger partial charge < -0.3 is 34.9 Å². The number of amides is 1. The Kier molecular flexibility index (Phi) is 6.42. The van der Waals surface area contributed by atoms with Crippen molar-refractivity contribution in [3.8, 4) is 11.3 Å². The molecule has 0 spiro atoms. The lowest BCUT2D eigenvalue weighted by molar-refractivity contribution is -0.235. The van der Waals surface area contributed by atoms with Gasteiger partial charge in [-0.1, -0.05) is 29.8 Å². The number of aliphatic hydroxyl groups excluding tert-OH is 4. The lowest BCUT2D eigenvalue weighted by atomic mass is 9.98. The van der Waals surface area contributed by atoms with E-state index in [4.69, 9.17) is 14.3 Å². The second-order valence-electron chi connectivity index (χ2n) is 6.80. The van der Waals surface area contributed by atoms with Crippen molar-refractivity contribution in [2.24, 2.45) is 0 Å². The molecule has 0 bridgehead atoms. The van der Waals surface area contributed by atoms with E-state index in [1.807, 2.05) is 31.2 Å². The van der Waals surface area contributed by atoms with Crippen molar-refractivity contribution in [1.29, 1.82) is 0 Å². The Morgan fingerprint density at radius 3 is 2.54 bits per heavy atom. The molecule has 1 fully saturated rings. The van der Waals surface area contributed by atoms with E-state index in [1.165, 1.54) is 0 Å². The van der Waals surface area contributed by atoms with Crippen LogP contribution in [0.25, 0.3) is 11.3 Å². The van der Waals surface area contributed by atoms with Gasteiger partial charge in [0.1, 0.15) is 24.4 Å². The topological polar surface area (TPSA) is 145 Å². The zero-order chi connectivity index (χ0) is 20.3. The van der Waals surface area contributed by atoms with E-state index < -0.39 is 43.2 Å². The molecule has 1 aromatic carbocycles. The fourth-order valence-electron chi connectivity index (χ4n) is 2.95. The maximum Gasteiger partial charge on any atom is 0.222 e. The summed E-state index contributed by atoms with van der Waals surface area (Å²) in [5.74, 6) is 0.531. The molecule has 0 aliphatic carbocycles. The highest BCUT2D eigenvalue weighted by atomic mass is 16.6. The third-order valence-corrected chi connectivity index (χ3v) is 4.65. The van der Waals surface area contributed by atoms with E-state index in [2.05, 4.69) is 10.3 Å². The van der Waals surface area contributed by atoms with Crippen molar-refractivity contribution >= 4 is 5.91 Å². The molecule has 2 aromatic rings. The summed E-state index contributed by atoms with van der Waals surface area (Å²) in [6.45, 7) is 1.43. The number of nitrogens with one attached hydrogen (secondary N) is 1. The van der Waals surface area contributed by atoms with Gasteiger partial charge in [-0.25, -0.2) is 4.98 Å². The number of rotatable bonds is 6. The molecule has 2 heterocycles. The third-order valence-electron chi connectivity index (χ3n) is 4.65. The van der Waals surface area contributed by atoms with Gasteiger partial charge in [0.25, 0.3) is 0 Å². The lowest BCUT2D eigenvalue weighted by Gasteiger charge is -2.40. The van der Waals surface area contributed by atoms with Gasteiger partial charge in [0, 0.05) is 18.4 Å². The minimum Gasteiger partial charge on any atom is -0.441 e. The molecular weight excluding hydrogens is 368 g/mol. The molecule has 1 aliphatic rings. The standard InChI is InChI=1S/C19H24N2O7/c1-10-2-4-11(5-3-10)12-8-20-15(27-12)7-6-14(23)21-19-18(26)17(25)16(24)13(9-22)28-19/h2-5,8,13,16-19,22,24-26H,6-7,9H2,1H3,(H,21,23)/t13-,16-,17+,18-,19-/m1/s1. The minimum atomic E-state index is -1.54. The number of carbonyl (C=O) groups is 1. The van der Waals surface area contributed by atoms with Crippen LogP contribution in [-0.4, -0.2) is 68.6 Å². The van der Waals surface area contributed by atoms with Gasteiger partial charge in [0.15, 0.2) is 17.9 Å². The van der Waals surface area contributed by atoms with E-state index in [1.54, 1.807) is 6.20 Å². The van der Waals surface area contributed by atoms with Crippen LogP contribution in [0.5, 0.6) is 0 Å². The van der Waals surface area contributed by atoms with Gasteiger partial charge in [0.05, 0.1) is 12.8 Å². The molecule has 5 atom stereocenters. The number of hydrogen-bond donors (Lipinski definition) is 5. The summed E-state index contributed by atoms with van der Waals surface area (Å²) in [6, 6.07) is 7.77. The molecule has 1 saturated heterocycles. The summed E-state index contributed by atoms with van der Waals surface area (Å²) in [7, 11) is 0. The molecule has 152 valence electrons. The lowest BCUT2D eigenvalue weighted by Crippen LogP contribution is -2.63. The Bertz CT molecular complexity index is 790. The van der Waals surface area contributed by atoms with Gasteiger partial charge in [-0.3, -0.25) is 4.79 Å². The Labute approximate surface area is 161 Å². The van der Waals surface area contributed by atoms with E-state index in [0.29, 0.717) is 11.7 Å². The van der Waals surface area contributed by atoms with E-state index in [-0.39, 0.29) is 12.8 Å². The van der Waals surface area contributed by atoms with Crippen LogP contribution in [0.4, 0.5) is 0 Å². The van der Waals surface area contributed by atoms with Crippen LogP contribution in [0.15, 0.2) is 34.9 Å². The Morgan fingerprint density at radius 2 is 1.86 bits per heavy atom. The number of aliphatic hydroxyl groups is 4. The second kappa shape index (κ2) is 8.80. The molecule has 0 saturated carbocycles. The zero-order valence-electron chi connectivity index (χ0n) is 15.4. The summed E-state index contributed by atoms with van der Waals surface area (Å²) in [6.07, 6.45) is -5.01. The SMILES string of the molecule is Cc1ccc(-c2cnc(CCC(=O)N[C@@H]3O[C@H](CO)[C@@H](O)[C@H](O)[C@H]3O)o2)cc1. The Morgan fingerprint density at radius 1 is 1.14 bits per heavy atom. The highest BCUT2D eigenvalue weighted by molar-refractivity contribution is 5.76. The molecule has 1 aromatic heterocycles. The molecule has 0 radical (unpaired) electrons. The van der Waals surface area contributed by atoms with Gasteiger partial charge in [0.2, 0.25) is 5.91 Å². The largest absolute Gasteiger partial charge is 0.441 e. The average Bonchev–Trinajstić information content (AvgIpc) is 3.16. The number of aryl methyl sites for hydroxylation is 2. The molecule has 0 unspecified atom stereocenters. The van der Waals surface area contributed by atoms with Crippen LogP contribution < -0.4 is 5.32 Å². The maximum absolute atomic E-state index is 12.1. The summed E-state index contributed by atoms with van der Waals surface area (Å²) in [5, 5.41) is 41.0. The predicted molar refractivity (Wildman–Crippen MR) is 96.9 cm³/mol. The quantitative estimate of drug-likeness (QED) is 0.442. The maximum atomic E-state index is 12.1. The van der Waals surface area contributed by atoms with Gasteiger partial charge >= 0.3 is 0 Å². The zero-order valence-corrected chi connectivity index (χ0v) is 15.4. The number of benzene rings is 1. The fourth-order valence-corrected chi connectivity index (χ4v) is 2.95. The first-order chi connectivity index (χ1) is 13.4. The first-order valence-electron chi connectivity index (χ1n) is 9.00. The molecule has 9 nitrogen and oxygen atoms in total. The van der Waals surface area contributed by atoms with Crippen molar-refractivity contribution in [1.82, 2.24) is 10.3 Å². The molecular formula is C19H24N2O7. The number of hydrogen-bond acceptors (Lipinski definition) is 8. The van der Waals surface area contributed by atoms with Crippen molar-refractivity contribution < 1.29 is 34.4 Å². The average molecular weight is 392 g/mol. The van der Waals surface area contributed by atoms with Crippen LogP contribution in [0.2, 0.25) is 0 Å². The first kappa shape index (κ1) is 20.4. The molecule has 9 heteroatoms. The Balaban J connectivity index is 1.54. The van der Waals surface area contributed by atoms with Crippen molar-refractivity contribution in [2.75, 3.05) is 6.61 Å². The van der Waals surface area contributed by atoms with Gasteiger partial charge in [-0.05, 0) is 6.92 Å². The highest BCUT2D eigenvalue weighted by Crippen LogP contribution is 2.22. The van der Waals surface area contributed by atoms with Crippen molar-refractivity contribution in [2.45, 2.75) is 50.4 Å². The number of ether oxygens (including phenoxy) is 1. The molecule has 3 rings (SSSR count). The number of aromatic nitrogens is 1. The van der Waals surface area contributed by atoms with Gasteiger partial charge in [-0.2, -0.15) is 0 Å². The molecule has 28 heavy (non-hydrogen) atoms. The van der Waals surface area contributed by atoms with E-state index in [0.717, 1.165) is 11.1 Å². The van der Waals surface area contributed by atoms with Crippen molar-refractivity contribution in [3.05, 3.63) is 41.9 Å². The summed E-state index contributed by atoms with van der Waals surface area (Å²) in [4.78, 5) is 16.3. The normalized spacial score (nSPS) is 27.5. The van der Waals surface area contributed by atoms with Gasteiger partial charge in [-0.15, -0.1) is 0 Å². The first-order valence-corrected chi connectivity index (χ1v) is 9.00. The minimum absolute atomic E-state index is 0.0167. The smallest absolute Gasteiger partial charge is 0.222 e. The second-order valence-corrected chi connectivity index (χ2v) is 6.80. The summed E-state index contributed by atoms with van der Waals surface area (Å²) in [5.41, 5.74) is 2.02. The van der Waals surface area contributed by atoms with E-state index in [9.17, 15) is 20.1 Å². The van der Waals surface area contributed by atoms with Crippen molar-refractivity contribution in [3.63, 3.8) is 0 Å². The molecule has 1 aliphatic heterocycles. The third kappa shape index (κ3) is 4.57. The highest BCUT2D eigenvalue weighted by Gasteiger charge is 2.43. The molecule has 5 N–H and O–H groups in total. The van der Waals surface area contributed by atoms with Crippen LogP contribution >= 0.6 is 0 Å². The van der Waals surface area contributed by atoms with E-state index >= 15 is 0 Å². The van der Waals surface area contributed by atoms with Crippen LogP contribution in [-0.2, 0) is 16.0 Å². The van der Waals surface area contributed by atoms with Crippen LogP contribution in [0, 0.1) is 6.92 Å². The number of carbonyl (C=O) groups excluding carboxylic acids is 1. The molecule has 1 amide bonds. The fraction of sp³-hybridized carbons (Fsp3) is 0.474. The van der Waals surface area contributed by atoms with Crippen LogP contribution in [0.3, 0.4) is 0 Å². The monoisotopic (exact) mass is 392 g/mol. The summed E-state index contributed by atoms with van der Waals surface area (Å²) < 4.78 is 10.9. The number of oxazole rings is 1. The van der Waals surface area contributed by atoms with Crippen LogP contribution in [0.1, 0.15) is 17.9 Å². The summed E-state index contributed by atoms with van der Waals surface area (Å²) >= 11 is 0. The predicted octanol–water partition coefficient (Wildman–Crippen LogP) is -0.501.